The average molecular weight is 538 g/mol. The van der Waals surface area contributed by atoms with Gasteiger partial charge in [-0.2, -0.15) is 0 Å². The number of ether oxygens (including phenoxy) is 2. The highest BCUT2D eigenvalue weighted by Crippen LogP contribution is 2.30. The molecule has 3 aromatic carbocycles. The van der Waals surface area contributed by atoms with Crippen LogP contribution < -0.4 is 5.32 Å². The molecule has 1 N–H and O–H groups in total. The second kappa shape index (κ2) is 12.1. The van der Waals surface area contributed by atoms with E-state index < -0.39 is 23.9 Å². The van der Waals surface area contributed by atoms with E-state index in [1.807, 2.05) is 42.5 Å². The van der Waals surface area contributed by atoms with Crippen LogP contribution >= 0.6 is 0 Å². The minimum Gasteiger partial charge on any atom is -0.465 e. The van der Waals surface area contributed by atoms with E-state index >= 15 is 0 Å². The van der Waals surface area contributed by atoms with Gasteiger partial charge in [-0.05, 0) is 30.2 Å². The maximum absolute atomic E-state index is 13.8. The van der Waals surface area contributed by atoms with Gasteiger partial charge in [-0.1, -0.05) is 67.6 Å². The molecular weight excluding hydrogens is 506 g/mol. The zero-order chi connectivity index (χ0) is 28.1. The first-order chi connectivity index (χ1) is 19.5. The number of hydrogen-bond donors (Lipinski definition) is 1. The third-order valence-electron chi connectivity index (χ3n) is 7.08. The molecule has 1 amide bonds. The Morgan fingerprint density at radius 1 is 0.950 bits per heavy atom. The molecule has 8 heteroatoms. The van der Waals surface area contributed by atoms with Gasteiger partial charge >= 0.3 is 11.9 Å². The summed E-state index contributed by atoms with van der Waals surface area (Å²) in [7, 11) is 1.28. The summed E-state index contributed by atoms with van der Waals surface area (Å²) in [4.78, 5) is 46.4. The third-order valence-corrected chi connectivity index (χ3v) is 7.08. The highest BCUT2D eigenvalue weighted by atomic mass is 16.5. The molecule has 0 spiro atoms. The monoisotopic (exact) mass is 537 g/mol. The molecule has 1 aliphatic rings. The predicted molar refractivity (Wildman–Crippen MR) is 152 cm³/mol. The lowest BCUT2D eigenvalue weighted by Crippen LogP contribution is -2.35. The summed E-state index contributed by atoms with van der Waals surface area (Å²) in [6.45, 7) is 3.88. The minimum atomic E-state index is -1.07. The first-order valence-corrected chi connectivity index (χ1v) is 13.3. The summed E-state index contributed by atoms with van der Waals surface area (Å²) in [6, 6.07) is 24.3. The normalized spacial score (nSPS) is 13.8. The number of rotatable bonds is 8. The number of para-hydroxylation sites is 2. The van der Waals surface area contributed by atoms with Gasteiger partial charge in [-0.15, -0.1) is 0 Å². The number of esters is 2. The number of benzene rings is 3. The summed E-state index contributed by atoms with van der Waals surface area (Å²) in [6.07, 6.45) is -0.108. The van der Waals surface area contributed by atoms with E-state index in [1.165, 1.54) is 12.7 Å². The van der Waals surface area contributed by atoms with E-state index in [0.29, 0.717) is 29.4 Å². The lowest BCUT2D eigenvalue weighted by atomic mass is 9.95. The molecule has 2 heterocycles. The van der Waals surface area contributed by atoms with Crippen molar-refractivity contribution in [2.24, 2.45) is 0 Å². The second-order valence-electron chi connectivity index (χ2n) is 9.70. The largest absolute Gasteiger partial charge is 0.465 e. The summed E-state index contributed by atoms with van der Waals surface area (Å²) in [5.74, 6) is -1.67. The van der Waals surface area contributed by atoms with Gasteiger partial charge in [0, 0.05) is 42.7 Å². The van der Waals surface area contributed by atoms with Gasteiger partial charge in [0.15, 0.2) is 6.10 Å². The summed E-state index contributed by atoms with van der Waals surface area (Å²) >= 11 is 0. The summed E-state index contributed by atoms with van der Waals surface area (Å²) < 4.78 is 10.7. The fourth-order valence-corrected chi connectivity index (χ4v) is 5.06. The van der Waals surface area contributed by atoms with Crippen LogP contribution in [0.25, 0.3) is 10.9 Å². The number of pyridine rings is 1. The molecule has 0 saturated carbocycles. The lowest BCUT2D eigenvalue weighted by molar-refractivity contribution is -0.124. The first kappa shape index (κ1) is 27.0. The van der Waals surface area contributed by atoms with Crippen LogP contribution in [0.15, 0.2) is 78.9 Å². The Balaban J connectivity index is 1.42. The Labute approximate surface area is 232 Å². The summed E-state index contributed by atoms with van der Waals surface area (Å²) in [5.41, 5.74) is 4.56. The number of anilines is 1. The predicted octanol–water partition coefficient (Wildman–Crippen LogP) is 5.15. The maximum atomic E-state index is 13.8. The van der Waals surface area contributed by atoms with Crippen molar-refractivity contribution in [1.82, 2.24) is 9.88 Å². The van der Waals surface area contributed by atoms with E-state index in [2.05, 4.69) is 22.3 Å². The molecule has 1 atom stereocenters. The van der Waals surface area contributed by atoms with E-state index in [9.17, 15) is 14.4 Å². The van der Waals surface area contributed by atoms with Crippen LogP contribution in [0.2, 0.25) is 0 Å². The number of carbonyl (C=O) groups excluding carboxylic acids is 3. The maximum Gasteiger partial charge on any atom is 0.340 e. The van der Waals surface area contributed by atoms with Gasteiger partial charge in [0.1, 0.15) is 0 Å². The lowest BCUT2D eigenvalue weighted by Gasteiger charge is -2.30. The molecule has 40 heavy (non-hydrogen) atoms. The molecule has 4 aromatic rings. The highest BCUT2D eigenvalue weighted by Gasteiger charge is 2.30. The Kier molecular flexibility index (Phi) is 8.17. The van der Waals surface area contributed by atoms with Crippen molar-refractivity contribution < 1.29 is 23.9 Å². The zero-order valence-electron chi connectivity index (χ0n) is 22.6. The number of fused-ring (bicyclic) bond motifs is 2. The van der Waals surface area contributed by atoms with Gasteiger partial charge in [0.25, 0.3) is 5.91 Å². The average Bonchev–Trinajstić information content (AvgIpc) is 2.99. The molecule has 1 aromatic heterocycles. The number of carbonyl (C=O) groups is 3. The van der Waals surface area contributed by atoms with Crippen LogP contribution in [0, 0.1) is 0 Å². The molecular formula is C32H31N3O5. The van der Waals surface area contributed by atoms with Gasteiger partial charge in [0.05, 0.1) is 29.4 Å². The standard InChI is InChI=1S/C32H31N3O5/c1-3-28(30(36)34-26-16-10-8-14-23(26)31(37)39-2)40-32(38)29-22-13-7-9-15-25(22)33-27-17-18-35(20-24(27)29)19-21-11-5-4-6-12-21/h4-16,28H,3,17-20H2,1-2H3,(H,34,36). The third kappa shape index (κ3) is 5.72. The fraction of sp³-hybridized carbons (Fsp3) is 0.250. The Bertz CT molecular complexity index is 1550. The van der Waals surface area contributed by atoms with E-state index in [0.717, 1.165) is 24.3 Å². The second-order valence-corrected chi connectivity index (χ2v) is 9.70. The molecule has 0 aliphatic carbocycles. The van der Waals surface area contributed by atoms with Gasteiger partial charge in [-0.25, -0.2) is 9.59 Å². The number of methoxy groups -OCH3 is 1. The Morgan fingerprint density at radius 2 is 1.68 bits per heavy atom. The van der Waals surface area contributed by atoms with Crippen LogP contribution in [0.5, 0.6) is 0 Å². The molecule has 204 valence electrons. The van der Waals surface area contributed by atoms with E-state index in [4.69, 9.17) is 14.5 Å². The van der Waals surface area contributed by atoms with Crippen molar-refractivity contribution in [1.29, 1.82) is 0 Å². The minimum absolute atomic E-state index is 0.215. The van der Waals surface area contributed by atoms with Crippen LogP contribution in [-0.4, -0.2) is 47.5 Å². The molecule has 1 aliphatic heterocycles. The van der Waals surface area contributed by atoms with Crippen molar-refractivity contribution in [2.45, 2.75) is 39.0 Å². The van der Waals surface area contributed by atoms with Gasteiger partial charge in [0.2, 0.25) is 0 Å². The van der Waals surface area contributed by atoms with Crippen molar-refractivity contribution in [3.05, 3.63) is 107 Å². The smallest absolute Gasteiger partial charge is 0.340 e. The first-order valence-electron chi connectivity index (χ1n) is 13.3. The van der Waals surface area contributed by atoms with Crippen LogP contribution in [0.4, 0.5) is 5.69 Å². The van der Waals surface area contributed by atoms with E-state index in [1.54, 1.807) is 31.2 Å². The Morgan fingerprint density at radius 3 is 2.45 bits per heavy atom. The Hall–Kier alpha value is -4.56. The number of nitrogens with one attached hydrogen (secondary N) is 1. The molecule has 5 rings (SSSR count). The molecule has 0 fully saturated rings. The zero-order valence-corrected chi connectivity index (χ0v) is 22.6. The molecule has 0 saturated heterocycles. The van der Waals surface area contributed by atoms with Crippen molar-refractivity contribution >= 4 is 34.4 Å². The van der Waals surface area contributed by atoms with Crippen LogP contribution in [0.3, 0.4) is 0 Å². The molecule has 0 bridgehead atoms. The van der Waals surface area contributed by atoms with Gasteiger partial charge in [-0.3, -0.25) is 14.7 Å². The van der Waals surface area contributed by atoms with Crippen LogP contribution in [0.1, 0.15) is 50.9 Å². The quantitative estimate of drug-likeness (QED) is 0.310. The molecule has 0 radical (unpaired) electrons. The van der Waals surface area contributed by atoms with E-state index in [-0.39, 0.29) is 17.7 Å². The number of aromatic nitrogens is 1. The molecule has 8 nitrogen and oxygen atoms in total. The number of nitrogens with zero attached hydrogens (tertiary/aromatic N) is 2. The van der Waals surface area contributed by atoms with Crippen molar-refractivity contribution in [2.75, 3.05) is 19.0 Å². The number of amides is 1. The van der Waals surface area contributed by atoms with Crippen molar-refractivity contribution in [3.63, 3.8) is 0 Å². The van der Waals surface area contributed by atoms with Crippen LogP contribution in [-0.2, 0) is 33.8 Å². The van der Waals surface area contributed by atoms with Crippen molar-refractivity contribution in [3.8, 4) is 0 Å². The summed E-state index contributed by atoms with van der Waals surface area (Å²) in [5, 5.41) is 3.42. The topological polar surface area (TPSA) is 97.8 Å². The molecule has 1 unspecified atom stereocenters. The SMILES string of the molecule is CCC(OC(=O)c1c2c(nc3ccccc13)CCN(Cc1ccccc1)C2)C(=O)Nc1ccccc1C(=O)OC. The fourth-order valence-electron chi connectivity index (χ4n) is 5.06. The van der Waals surface area contributed by atoms with Gasteiger partial charge < -0.3 is 14.8 Å². The highest BCUT2D eigenvalue weighted by molar-refractivity contribution is 6.07. The number of hydrogen-bond acceptors (Lipinski definition) is 7.